The van der Waals surface area contributed by atoms with Crippen molar-refractivity contribution < 1.29 is 24.2 Å². The largest absolute Gasteiger partial charge is 0.481 e. The third-order valence-corrected chi connectivity index (χ3v) is 3.91. The summed E-state index contributed by atoms with van der Waals surface area (Å²) in [6.07, 6.45) is 0.530. The van der Waals surface area contributed by atoms with Crippen molar-refractivity contribution in [1.82, 2.24) is 10.2 Å². The minimum Gasteiger partial charge on any atom is -0.481 e. The number of nitrogens with one attached hydrogen (secondary N) is 1. The van der Waals surface area contributed by atoms with Crippen LogP contribution in [-0.2, 0) is 19.1 Å². The minimum absolute atomic E-state index is 0.0415. The molecule has 2 heterocycles. The number of amides is 1. The van der Waals surface area contributed by atoms with Crippen molar-refractivity contribution in [3.05, 3.63) is 0 Å². The first-order valence-corrected chi connectivity index (χ1v) is 7.55. The van der Waals surface area contributed by atoms with Crippen molar-refractivity contribution in [2.24, 2.45) is 5.92 Å². The van der Waals surface area contributed by atoms with Crippen LogP contribution in [0.5, 0.6) is 0 Å². The monoisotopic (exact) mass is 300 g/mol. The van der Waals surface area contributed by atoms with Gasteiger partial charge in [-0.15, -0.1) is 0 Å². The van der Waals surface area contributed by atoms with Gasteiger partial charge in [0.2, 0.25) is 5.91 Å². The summed E-state index contributed by atoms with van der Waals surface area (Å²) in [6, 6.07) is 0.0539. The van der Waals surface area contributed by atoms with E-state index in [1.807, 2.05) is 0 Å². The minimum atomic E-state index is -0.902. The third kappa shape index (κ3) is 4.39. The van der Waals surface area contributed by atoms with Gasteiger partial charge in [0.05, 0.1) is 38.3 Å². The lowest BCUT2D eigenvalue weighted by Crippen LogP contribution is -2.52. The van der Waals surface area contributed by atoms with E-state index in [9.17, 15) is 9.59 Å². The van der Waals surface area contributed by atoms with Crippen LogP contribution in [0.4, 0.5) is 0 Å². The molecule has 7 nitrogen and oxygen atoms in total. The molecule has 0 saturated carbocycles. The van der Waals surface area contributed by atoms with Crippen LogP contribution in [0.15, 0.2) is 0 Å². The molecule has 21 heavy (non-hydrogen) atoms. The van der Waals surface area contributed by atoms with Crippen LogP contribution in [-0.4, -0.2) is 73.5 Å². The van der Waals surface area contributed by atoms with Crippen molar-refractivity contribution in [3.63, 3.8) is 0 Å². The van der Waals surface area contributed by atoms with Gasteiger partial charge in [0.15, 0.2) is 0 Å². The Morgan fingerprint density at radius 2 is 2.19 bits per heavy atom. The molecule has 0 aromatic carbocycles. The zero-order valence-corrected chi connectivity index (χ0v) is 12.4. The number of ether oxygens (including phenoxy) is 2. The number of nitrogens with zero attached hydrogens (tertiary/aromatic N) is 1. The number of carbonyl (C=O) groups is 2. The van der Waals surface area contributed by atoms with Crippen LogP contribution in [0.3, 0.4) is 0 Å². The van der Waals surface area contributed by atoms with E-state index in [2.05, 4.69) is 12.2 Å². The first kappa shape index (κ1) is 16.2. The average molecular weight is 300 g/mol. The molecule has 2 aliphatic rings. The molecule has 0 spiro atoms. The van der Waals surface area contributed by atoms with Gasteiger partial charge >= 0.3 is 5.97 Å². The fourth-order valence-corrected chi connectivity index (χ4v) is 2.80. The molecular weight excluding hydrogens is 276 g/mol. The van der Waals surface area contributed by atoms with Crippen LogP contribution in [0.25, 0.3) is 0 Å². The first-order chi connectivity index (χ1) is 10.1. The number of carboxylic acid groups (broad SMARTS) is 1. The van der Waals surface area contributed by atoms with E-state index in [4.69, 9.17) is 14.6 Å². The van der Waals surface area contributed by atoms with Crippen molar-refractivity contribution in [3.8, 4) is 0 Å². The average Bonchev–Trinajstić information content (AvgIpc) is 2.92. The second kappa shape index (κ2) is 7.72. The molecule has 3 atom stereocenters. The molecule has 0 bridgehead atoms. The highest BCUT2D eigenvalue weighted by atomic mass is 16.5. The summed E-state index contributed by atoms with van der Waals surface area (Å²) in [5, 5.41) is 12.2. The molecule has 2 aliphatic heterocycles. The highest BCUT2D eigenvalue weighted by molar-refractivity contribution is 5.80. The van der Waals surface area contributed by atoms with Crippen molar-refractivity contribution >= 4 is 11.9 Å². The van der Waals surface area contributed by atoms with Gasteiger partial charge in [-0.3, -0.25) is 9.59 Å². The van der Waals surface area contributed by atoms with E-state index in [1.165, 1.54) is 0 Å². The maximum absolute atomic E-state index is 12.6. The van der Waals surface area contributed by atoms with E-state index < -0.39 is 12.1 Å². The van der Waals surface area contributed by atoms with E-state index in [1.54, 1.807) is 4.90 Å². The standard InChI is InChI=1S/C14H24N2O5/c1-2-3-15-12-9-20-8-11(12)14(19)16-4-5-21-10(7-16)6-13(17)18/h10-12,15H,2-9H2,1H3,(H,17,18). The molecule has 120 valence electrons. The summed E-state index contributed by atoms with van der Waals surface area (Å²) in [5.74, 6) is -1.04. The number of carbonyl (C=O) groups excluding carboxylic acids is 1. The summed E-state index contributed by atoms with van der Waals surface area (Å²) in [6.45, 7) is 5.19. The predicted molar refractivity (Wildman–Crippen MR) is 75.0 cm³/mol. The highest BCUT2D eigenvalue weighted by Crippen LogP contribution is 2.19. The molecule has 0 aliphatic carbocycles. The molecule has 0 aromatic rings. The molecule has 0 aromatic heterocycles. The lowest BCUT2D eigenvalue weighted by atomic mass is 10.0. The lowest BCUT2D eigenvalue weighted by molar-refractivity contribution is -0.150. The fourth-order valence-electron chi connectivity index (χ4n) is 2.80. The Labute approximate surface area is 124 Å². The Kier molecular flexibility index (Phi) is 5.96. The quantitative estimate of drug-likeness (QED) is 0.700. The molecule has 0 radical (unpaired) electrons. The van der Waals surface area contributed by atoms with Crippen LogP contribution in [0, 0.1) is 5.92 Å². The predicted octanol–water partition coefficient (Wildman–Crippen LogP) is -0.297. The number of morpholine rings is 1. The van der Waals surface area contributed by atoms with Crippen LogP contribution >= 0.6 is 0 Å². The Hall–Kier alpha value is -1.18. The summed E-state index contributed by atoms with van der Waals surface area (Å²) in [5.41, 5.74) is 0. The molecule has 2 N–H and O–H groups in total. The van der Waals surface area contributed by atoms with E-state index >= 15 is 0 Å². The molecule has 2 saturated heterocycles. The van der Waals surface area contributed by atoms with Crippen LogP contribution in [0.2, 0.25) is 0 Å². The third-order valence-electron chi connectivity index (χ3n) is 3.91. The molecule has 3 unspecified atom stereocenters. The summed E-state index contributed by atoms with van der Waals surface area (Å²) in [7, 11) is 0. The number of hydrogen-bond donors (Lipinski definition) is 2. The van der Waals surface area contributed by atoms with Gasteiger partial charge in [-0.05, 0) is 13.0 Å². The van der Waals surface area contributed by atoms with Gasteiger partial charge in [0.25, 0.3) is 0 Å². The normalized spacial score (nSPS) is 29.6. The lowest BCUT2D eigenvalue weighted by Gasteiger charge is -2.34. The number of aliphatic carboxylic acids is 1. The van der Waals surface area contributed by atoms with Crippen molar-refractivity contribution in [2.45, 2.75) is 31.9 Å². The summed E-state index contributed by atoms with van der Waals surface area (Å²) >= 11 is 0. The van der Waals surface area contributed by atoms with Crippen LogP contribution in [0.1, 0.15) is 19.8 Å². The van der Waals surface area contributed by atoms with Crippen molar-refractivity contribution in [1.29, 1.82) is 0 Å². The molecular formula is C14H24N2O5. The van der Waals surface area contributed by atoms with E-state index in [-0.39, 0.29) is 24.3 Å². The van der Waals surface area contributed by atoms with Gasteiger partial charge < -0.3 is 24.8 Å². The number of carboxylic acids is 1. The van der Waals surface area contributed by atoms with Gasteiger partial charge in [-0.25, -0.2) is 0 Å². The zero-order valence-electron chi connectivity index (χ0n) is 12.4. The second-order valence-electron chi connectivity index (χ2n) is 5.58. The SMILES string of the molecule is CCCNC1COCC1C(=O)N1CCOC(CC(=O)O)C1. The smallest absolute Gasteiger partial charge is 0.306 e. The molecule has 2 rings (SSSR count). The first-order valence-electron chi connectivity index (χ1n) is 7.55. The van der Waals surface area contributed by atoms with E-state index in [0.29, 0.717) is 32.9 Å². The van der Waals surface area contributed by atoms with Gasteiger partial charge in [0, 0.05) is 19.1 Å². The van der Waals surface area contributed by atoms with E-state index in [0.717, 1.165) is 13.0 Å². The summed E-state index contributed by atoms with van der Waals surface area (Å²) in [4.78, 5) is 25.1. The van der Waals surface area contributed by atoms with Gasteiger partial charge in [0.1, 0.15) is 0 Å². The number of hydrogen-bond acceptors (Lipinski definition) is 5. The Balaban J connectivity index is 1.90. The zero-order chi connectivity index (χ0) is 15.2. The fraction of sp³-hybridized carbons (Fsp3) is 0.857. The second-order valence-corrected chi connectivity index (χ2v) is 5.58. The maximum atomic E-state index is 12.6. The highest BCUT2D eigenvalue weighted by Gasteiger charge is 2.38. The van der Waals surface area contributed by atoms with Gasteiger partial charge in [-0.2, -0.15) is 0 Å². The number of rotatable bonds is 6. The van der Waals surface area contributed by atoms with Gasteiger partial charge in [-0.1, -0.05) is 6.92 Å². The molecule has 7 heteroatoms. The Bertz CT molecular complexity index is 376. The summed E-state index contributed by atoms with van der Waals surface area (Å²) < 4.78 is 10.8. The molecule has 1 amide bonds. The van der Waals surface area contributed by atoms with Crippen LogP contribution < -0.4 is 5.32 Å². The van der Waals surface area contributed by atoms with Crippen molar-refractivity contribution in [2.75, 3.05) is 39.5 Å². The Morgan fingerprint density at radius 1 is 1.38 bits per heavy atom. The molecule has 2 fully saturated rings. The maximum Gasteiger partial charge on any atom is 0.306 e. The Morgan fingerprint density at radius 3 is 2.90 bits per heavy atom. The topological polar surface area (TPSA) is 88.1 Å².